The van der Waals surface area contributed by atoms with Crippen LogP contribution in [0.2, 0.25) is 0 Å². The molecule has 0 bridgehead atoms. The summed E-state index contributed by atoms with van der Waals surface area (Å²) < 4.78 is 5.01. The Morgan fingerprint density at radius 1 is 1.41 bits per heavy atom. The molecule has 0 atom stereocenters. The van der Waals surface area contributed by atoms with Gasteiger partial charge in [0.15, 0.2) is 0 Å². The summed E-state index contributed by atoms with van der Waals surface area (Å²) in [5.41, 5.74) is 1.01. The lowest BCUT2D eigenvalue weighted by Crippen LogP contribution is -2.06. The minimum Gasteiger partial charge on any atom is -0.384 e. The summed E-state index contributed by atoms with van der Waals surface area (Å²) in [5.74, 6) is 3.64. The number of rotatable bonds is 8. The summed E-state index contributed by atoms with van der Waals surface area (Å²) in [5, 5.41) is 3.29. The molecule has 0 amide bonds. The molecule has 1 N–H and O–H groups in total. The predicted molar refractivity (Wildman–Crippen MR) is 73.6 cm³/mol. The molecular weight excluding hydrogens is 234 g/mol. The molecule has 0 aliphatic heterocycles. The second-order valence-electron chi connectivity index (χ2n) is 3.78. The van der Waals surface area contributed by atoms with E-state index in [1.807, 2.05) is 13.0 Å². The molecule has 1 heterocycles. The summed E-state index contributed by atoms with van der Waals surface area (Å²) in [6, 6.07) is 1.99. The Labute approximate surface area is 108 Å². The van der Waals surface area contributed by atoms with E-state index < -0.39 is 0 Å². The molecule has 0 aliphatic rings. The molecule has 17 heavy (non-hydrogen) atoms. The molecule has 5 heteroatoms. The van der Waals surface area contributed by atoms with Gasteiger partial charge in [-0.2, -0.15) is 11.8 Å². The van der Waals surface area contributed by atoms with E-state index in [-0.39, 0.29) is 0 Å². The van der Waals surface area contributed by atoms with Crippen LogP contribution in [0.15, 0.2) is 6.07 Å². The Balaban J connectivity index is 2.50. The molecule has 1 aromatic rings. The van der Waals surface area contributed by atoms with Crippen molar-refractivity contribution >= 4 is 17.6 Å². The maximum absolute atomic E-state index is 5.01. The highest BCUT2D eigenvalue weighted by Crippen LogP contribution is 2.12. The number of hydrogen-bond acceptors (Lipinski definition) is 5. The van der Waals surface area contributed by atoms with Crippen LogP contribution in [0.4, 0.5) is 5.82 Å². The third-order valence-electron chi connectivity index (χ3n) is 2.12. The van der Waals surface area contributed by atoms with Gasteiger partial charge in [-0.05, 0) is 13.3 Å². The SMILES string of the molecule is CCCNc1cc(C)nc(CSCCOC)n1. The van der Waals surface area contributed by atoms with Crippen LogP contribution < -0.4 is 5.32 Å². The summed E-state index contributed by atoms with van der Waals surface area (Å²) >= 11 is 1.79. The smallest absolute Gasteiger partial charge is 0.140 e. The summed E-state index contributed by atoms with van der Waals surface area (Å²) in [6.45, 7) is 5.87. The Kier molecular flexibility index (Phi) is 6.96. The number of aryl methyl sites for hydroxylation is 1. The number of methoxy groups -OCH3 is 1. The van der Waals surface area contributed by atoms with E-state index in [4.69, 9.17) is 4.74 Å². The summed E-state index contributed by atoms with van der Waals surface area (Å²) in [7, 11) is 1.72. The van der Waals surface area contributed by atoms with Crippen LogP contribution in [0.3, 0.4) is 0 Å². The first-order valence-electron chi connectivity index (χ1n) is 5.91. The third kappa shape index (κ3) is 5.89. The Morgan fingerprint density at radius 2 is 2.24 bits per heavy atom. The van der Waals surface area contributed by atoms with Gasteiger partial charge in [0.2, 0.25) is 0 Å². The number of nitrogens with one attached hydrogen (secondary N) is 1. The molecule has 0 aliphatic carbocycles. The fraction of sp³-hybridized carbons (Fsp3) is 0.667. The lowest BCUT2D eigenvalue weighted by molar-refractivity contribution is 0.218. The first kappa shape index (κ1) is 14.3. The monoisotopic (exact) mass is 255 g/mol. The van der Waals surface area contributed by atoms with Gasteiger partial charge in [0.25, 0.3) is 0 Å². The molecule has 0 aromatic carbocycles. The fourth-order valence-electron chi connectivity index (χ4n) is 1.34. The molecule has 1 rings (SSSR count). The van der Waals surface area contributed by atoms with Gasteiger partial charge in [-0.3, -0.25) is 0 Å². The lowest BCUT2D eigenvalue weighted by Gasteiger charge is -2.07. The number of hydrogen-bond donors (Lipinski definition) is 1. The van der Waals surface area contributed by atoms with E-state index in [1.54, 1.807) is 18.9 Å². The summed E-state index contributed by atoms with van der Waals surface area (Å²) in [4.78, 5) is 8.91. The lowest BCUT2D eigenvalue weighted by atomic mass is 10.4. The Bertz CT molecular complexity index is 334. The first-order valence-corrected chi connectivity index (χ1v) is 7.06. The van der Waals surface area contributed by atoms with Crippen molar-refractivity contribution in [1.82, 2.24) is 9.97 Å². The van der Waals surface area contributed by atoms with E-state index in [0.29, 0.717) is 0 Å². The number of anilines is 1. The first-order chi connectivity index (χ1) is 8.26. The van der Waals surface area contributed by atoms with Crippen molar-refractivity contribution in [2.75, 3.05) is 31.3 Å². The largest absolute Gasteiger partial charge is 0.384 e. The van der Waals surface area contributed by atoms with Gasteiger partial charge in [0.05, 0.1) is 12.4 Å². The van der Waals surface area contributed by atoms with Crippen molar-refractivity contribution in [3.05, 3.63) is 17.6 Å². The van der Waals surface area contributed by atoms with E-state index in [0.717, 1.165) is 48.4 Å². The fourth-order valence-corrected chi connectivity index (χ4v) is 2.08. The topological polar surface area (TPSA) is 47.0 Å². The molecule has 96 valence electrons. The normalized spacial score (nSPS) is 10.5. The molecule has 4 nitrogen and oxygen atoms in total. The third-order valence-corrected chi connectivity index (χ3v) is 3.04. The highest BCUT2D eigenvalue weighted by Gasteiger charge is 2.02. The van der Waals surface area contributed by atoms with Crippen molar-refractivity contribution < 1.29 is 4.74 Å². The molecule has 0 fully saturated rings. The van der Waals surface area contributed by atoms with Gasteiger partial charge in [-0.25, -0.2) is 9.97 Å². The minimum atomic E-state index is 0.775. The number of ether oxygens (including phenoxy) is 1. The average molecular weight is 255 g/mol. The molecule has 1 aromatic heterocycles. The van der Waals surface area contributed by atoms with Gasteiger partial charge in [-0.15, -0.1) is 0 Å². The minimum absolute atomic E-state index is 0.775. The van der Waals surface area contributed by atoms with Gasteiger partial charge in [0.1, 0.15) is 11.6 Å². The Hall–Kier alpha value is -0.810. The zero-order chi connectivity index (χ0) is 12.5. The van der Waals surface area contributed by atoms with Crippen molar-refractivity contribution in [2.45, 2.75) is 26.0 Å². The van der Waals surface area contributed by atoms with Gasteiger partial charge in [0, 0.05) is 31.2 Å². The number of nitrogens with zero attached hydrogens (tertiary/aromatic N) is 2. The average Bonchev–Trinajstić information content (AvgIpc) is 2.31. The van der Waals surface area contributed by atoms with E-state index in [2.05, 4.69) is 22.2 Å². The molecule has 0 spiro atoms. The van der Waals surface area contributed by atoms with Crippen LogP contribution in [0.25, 0.3) is 0 Å². The quantitative estimate of drug-likeness (QED) is 0.723. The maximum atomic E-state index is 5.01. The predicted octanol–water partition coefficient (Wildman–Crippen LogP) is 2.49. The highest BCUT2D eigenvalue weighted by molar-refractivity contribution is 7.98. The van der Waals surface area contributed by atoms with Crippen LogP contribution in [0, 0.1) is 6.92 Å². The van der Waals surface area contributed by atoms with Gasteiger partial charge < -0.3 is 10.1 Å². The van der Waals surface area contributed by atoms with Gasteiger partial charge in [-0.1, -0.05) is 6.92 Å². The zero-order valence-electron chi connectivity index (χ0n) is 10.8. The standard InChI is InChI=1S/C12H21N3OS/c1-4-5-13-11-8-10(2)14-12(15-11)9-17-7-6-16-3/h8H,4-7,9H2,1-3H3,(H,13,14,15). The van der Waals surface area contributed by atoms with Gasteiger partial charge >= 0.3 is 0 Å². The van der Waals surface area contributed by atoms with Crippen LogP contribution in [0.5, 0.6) is 0 Å². The highest BCUT2D eigenvalue weighted by atomic mass is 32.2. The molecule has 0 saturated heterocycles. The Morgan fingerprint density at radius 3 is 2.94 bits per heavy atom. The molecule has 0 radical (unpaired) electrons. The van der Waals surface area contributed by atoms with Crippen LogP contribution in [-0.2, 0) is 10.5 Å². The van der Waals surface area contributed by atoms with Crippen molar-refractivity contribution in [3.63, 3.8) is 0 Å². The second-order valence-corrected chi connectivity index (χ2v) is 4.89. The maximum Gasteiger partial charge on any atom is 0.140 e. The zero-order valence-corrected chi connectivity index (χ0v) is 11.6. The molecular formula is C12H21N3OS. The van der Waals surface area contributed by atoms with Crippen molar-refractivity contribution in [2.24, 2.45) is 0 Å². The second kappa shape index (κ2) is 8.31. The van der Waals surface area contributed by atoms with Crippen LogP contribution >= 0.6 is 11.8 Å². The summed E-state index contributed by atoms with van der Waals surface area (Å²) in [6.07, 6.45) is 1.10. The van der Waals surface area contributed by atoms with Crippen LogP contribution in [0.1, 0.15) is 24.9 Å². The van der Waals surface area contributed by atoms with Crippen molar-refractivity contribution in [3.8, 4) is 0 Å². The van der Waals surface area contributed by atoms with Crippen LogP contribution in [-0.4, -0.2) is 36.0 Å². The molecule has 0 saturated carbocycles. The number of thioether (sulfide) groups is 1. The molecule has 0 unspecified atom stereocenters. The van der Waals surface area contributed by atoms with E-state index in [1.165, 1.54) is 0 Å². The van der Waals surface area contributed by atoms with E-state index in [9.17, 15) is 0 Å². The van der Waals surface area contributed by atoms with E-state index >= 15 is 0 Å². The number of aromatic nitrogens is 2. The van der Waals surface area contributed by atoms with Crippen molar-refractivity contribution in [1.29, 1.82) is 0 Å².